The summed E-state index contributed by atoms with van der Waals surface area (Å²) in [5.41, 5.74) is -0.806. The zero-order chi connectivity index (χ0) is 12.6. The molecule has 2 heterocycles. The molecule has 0 radical (unpaired) electrons. The number of methoxy groups -OCH3 is 1. The molecule has 90 valence electrons. The predicted molar refractivity (Wildman–Crippen MR) is 51.5 cm³/mol. The van der Waals surface area contributed by atoms with Gasteiger partial charge in [0.25, 0.3) is 0 Å². The van der Waals surface area contributed by atoms with Gasteiger partial charge in [0, 0.05) is 12.4 Å². The second-order valence-electron chi connectivity index (χ2n) is 3.30. The SMILES string of the molecule is COC(=O)c1cn2ccc(C(F)(F)F)cc2n1. The Morgan fingerprint density at radius 2 is 2.18 bits per heavy atom. The Morgan fingerprint density at radius 3 is 2.76 bits per heavy atom. The van der Waals surface area contributed by atoms with E-state index in [1.54, 1.807) is 0 Å². The number of imidazole rings is 1. The third-order valence-corrected chi connectivity index (χ3v) is 2.18. The first-order valence-corrected chi connectivity index (χ1v) is 4.56. The van der Waals surface area contributed by atoms with Crippen LogP contribution in [0.2, 0.25) is 0 Å². The number of hydrogen-bond donors (Lipinski definition) is 0. The summed E-state index contributed by atoms with van der Waals surface area (Å²) in [7, 11) is 1.17. The number of alkyl halides is 3. The van der Waals surface area contributed by atoms with Gasteiger partial charge in [0.05, 0.1) is 12.7 Å². The molecule has 0 fully saturated rings. The second kappa shape index (κ2) is 3.76. The maximum Gasteiger partial charge on any atom is 0.416 e. The molecular formula is C10H7F3N2O2. The number of aromatic nitrogens is 2. The smallest absolute Gasteiger partial charge is 0.416 e. The minimum Gasteiger partial charge on any atom is -0.464 e. The van der Waals surface area contributed by atoms with Crippen LogP contribution >= 0.6 is 0 Å². The number of esters is 1. The minimum atomic E-state index is -4.43. The molecule has 0 aliphatic heterocycles. The summed E-state index contributed by atoms with van der Waals surface area (Å²) in [5.74, 6) is -0.692. The molecule has 0 N–H and O–H groups in total. The summed E-state index contributed by atoms with van der Waals surface area (Å²) >= 11 is 0. The van der Waals surface area contributed by atoms with Crippen LogP contribution in [-0.4, -0.2) is 22.5 Å². The molecule has 0 spiro atoms. The van der Waals surface area contributed by atoms with E-state index in [4.69, 9.17) is 0 Å². The molecule has 0 atom stereocenters. The highest BCUT2D eigenvalue weighted by Crippen LogP contribution is 2.29. The fourth-order valence-corrected chi connectivity index (χ4v) is 1.36. The second-order valence-corrected chi connectivity index (χ2v) is 3.30. The number of hydrogen-bond acceptors (Lipinski definition) is 3. The molecule has 2 aromatic rings. The highest BCUT2D eigenvalue weighted by atomic mass is 19.4. The first kappa shape index (κ1) is 11.4. The molecule has 0 aliphatic rings. The zero-order valence-corrected chi connectivity index (χ0v) is 8.65. The number of ether oxygens (including phenoxy) is 1. The van der Waals surface area contributed by atoms with Crippen LogP contribution in [0.15, 0.2) is 24.5 Å². The molecule has 0 saturated carbocycles. The highest BCUT2D eigenvalue weighted by molar-refractivity contribution is 5.87. The van der Waals surface area contributed by atoms with Crippen LogP contribution in [0.1, 0.15) is 16.1 Å². The maximum atomic E-state index is 12.4. The number of fused-ring (bicyclic) bond motifs is 1. The monoisotopic (exact) mass is 244 g/mol. The molecule has 7 heteroatoms. The number of halogens is 3. The lowest BCUT2D eigenvalue weighted by atomic mass is 10.2. The molecule has 0 bridgehead atoms. The van der Waals surface area contributed by atoms with Gasteiger partial charge in [-0.15, -0.1) is 0 Å². The van der Waals surface area contributed by atoms with E-state index in [0.717, 1.165) is 12.1 Å². The Balaban J connectivity index is 2.52. The normalized spacial score (nSPS) is 11.8. The topological polar surface area (TPSA) is 43.6 Å². The molecule has 0 aliphatic carbocycles. The zero-order valence-electron chi connectivity index (χ0n) is 8.65. The van der Waals surface area contributed by atoms with Gasteiger partial charge < -0.3 is 9.14 Å². The molecular weight excluding hydrogens is 237 g/mol. The van der Waals surface area contributed by atoms with E-state index < -0.39 is 17.7 Å². The molecule has 0 amide bonds. The van der Waals surface area contributed by atoms with E-state index in [1.165, 1.54) is 23.9 Å². The summed E-state index contributed by atoms with van der Waals surface area (Å²) in [5, 5.41) is 0. The Morgan fingerprint density at radius 1 is 1.47 bits per heavy atom. The van der Waals surface area contributed by atoms with Crippen molar-refractivity contribution >= 4 is 11.6 Å². The average molecular weight is 244 g/mol. The molecule has 17 heavy (non-hydrogen) atoms. The lowest BCUT2D eigenvalue weighted by molar-refractivity contribution is -0.137. The fourth-order valence-electron chi connectivity index (χ4n) is 1.36. The lowest BCUT2D eigenvalue weighted by Crippen LogP contribution is -2.05. The summed E-state index contributed by atoms with van der Waals surface area (Å²) in [4.78, 5) is 14.9. The summed E-state index contributed by atoms with van der Waals surface area (Å²) in [6.45, 7) is 0. The lowest BCUT2D eigenvalue weighted by Gasteiger charge is -2.05. The van der Waals surface area contributed by atoms with Crippen molar-refractivity contribution in [3.63, 3.8) is 0 Å². The van der Waals surface area contributed by atoms with Crippen molar-refractivity contribution in [3.8, 4) is 0 Å². The number of carbonyl (C=O) groups is 1. The van der Waals surface area contributed by atoms with E-state index in [-0.39, 0.29) is 11.3 Å². The maximum absolute atomic E-state index is 12.4. The molecule has 4 nitrogen and oxygen atoms in total. The van der Waals surface area contributed by atoms with Crippen molar-refractivity contribution in [2.24, 2.45) is 0 Å². The largest absolute Gasteiger partial charge is 0.464 e. The van der Waals surface area contributed by atoms with Crippen LogP contribution in [0.5, 0.6) is 0 Å². The van der Waals surface area contributed by atoms with Crippen molar-refractivity contribution in [1.29, 1.82) is 0 Å². The Kier molecular flexibility index (Phi) is 2.53. The molecule has 2 rings (SSSR count). The van der Waals surface area contributed by atoms with Crippen LogP contribution in [0.25, 0.3) is 5.65 Å². The van der Waals surface area contributed by atoms with Crippen molar-refractivity contribution in [3.05, 3.63) is 35.8 Å². The highest BCUT2D eigenvalue weighted by Gasteiger charge is 2.30. The summed E-state index contributed by atoms with van der Waals surface area (Å²) < 4.78 is 43.0. The molecule has 0 saturated heterocycles. The van der Waals surface area contributed by atoms with Crippen LogP contribution in [0.3, 0.4) is 0 Å². The van der Waals surface area contributed by atoms with Crippen LogP contribution < -0.4 is 0 Å². The Labute approximate surface area is 93.6 Å². The van der Waals surface area contributed by atoms with Crippen LogP contribution in [0.4, 0.5) is 13.2 Å². The van der Waals surface area contributed by atoms with E-state index in [2.05, 4.69) is 9.72 Å². The summed E-state index contributed by atoms with van der Waals surface area (Å²) in [6, 6.07) is 1.78. The van der Waals surface area contributed by atoms with E-state index in [0.29, 0.717) is 0 Å². The predicted octanol–water partition coefficient (Wildman–Crippen LogP) is 2.14. The van der Waals surface area contributed by atoms with Gasteiger partial charge in [0.1, 0.15) is 5.65 Å². The van der Waals surface area contributed by atoms with E-state index in [1.807, 2.05) is 0 Å². The standard InChI is InChI=1S/C10H7F3N2O2/c1-17-9(16)7-5-15-3-2-6(10(11,12)13)4-8(15)14-7/h2-5H,1H3. The molecule has 0 aromatic carbocycles. The first-order chi connectivity index (χ1) is 7.91. The Bertz CT molecular complexity index is 574. The van der Waals surface area contributed by atoms with Gasteiger partial charge in [-0.2, -0.15) is 13.2 Å². The van der Waals surface area contributed by atoms with Crippen molar-refractivity contribution in [2.75, 3.05) is 7.11 Å². The van der Waals surface area contributed by atoms with Gasteiger partial charge >= 0.3 is 12.1 Å². The third kappa shape index (κ3) is 2.08. The quantitative estimate of drug-likeness (QED) is 0.722. The van der Waals surface area contributed by atoms with Crippen LogP contribution in [-0.2, 0) is 10.9 Å². The van der Waals surface area contributed by atoms with Crippen LogP contribution in [0, 0.1) is 0 Å². The van der Waals surface area contributed by atoms with Gasteiger partial charge in [0.2, 0.25) is 0 Å². The fraction of sp³-hybridized carbons (Fsp3) is 0.200. The van der Waals surface area contributed by atoms with Gasteiger partial charge in [-0.3, -0.25) is 0 Å². The molecule has 0 unspecified atom stereocenters. The number of carbonyl (C=O) groups excluding carboxylic acids is 1. The third-order valence-electron chi connectivity index (χ3n) is 2.18. The van der Waals surface area contributed by atoms with Gasteiger partial charge in [-0.05, 0) is 12.1 Å². The van der Waals surface area contributed by atoms with Gasteiger partial charge in [-0.1, -0.05) is 0 Å². The first-order valence-electron chi connectivity index (χ1n) is 4.56. The molecule has 2 aromatic heterocycles. The van der Waals surface area contributed by atoms with Gasteiger partial charge in [0.15, 0.2) is 5.69 Å². The average Bonchev–Trinajstić information content (AvgIpc) is 2.69. The van der Waals surface area contributed by atoms with Crippen molar-refractivity contribution in [2.45, 2.75) is 6.18 Å². The summed E-state index contributed by atoms with van der Waals surface area (Å²) in [6.07, 6.45) is -1.93. The van der Waals surface area contributed by atoms with Gasteiger partial charge in [-0.25, -0.2) is 9.78 Å². The number of rotatable bonds is 1. The van der Waals surface area contributed by atoms with E-state index >= 15 is 0 Å². The Hall–Kier alpha value is -2.05. The number of nitrogens with zero attached hydrogens (tertiary/aromatic N) is 2. The minimum absolute atomic E-state index is 0.0353. The number of pyridine rings is 1. The van der Waals surface area contributed by atoms with Crippen molar-refractivity contribution < 1.29 is 22.7 Å². The van der Waals surface area contributed by atoms with E-state index in [9.17, 15) is 18.0 Å². The van der Waals surface area contributed by atoms with Crippen molar-refractivity contribution in [1.82, 2.24) is 9.38 Å².